The maximum absolute atomic E-state index is 9.92. The number of likely N-dealkylation sites (tertiary alicyclic amines) is 1. The van der Waals surface area contributed by atoms with Gasteiger partial charge in [-0.05, 0) is 74.7 Å². The highest BCUT2D eigenvalue weighted by molar-refractivity contribution is 5.90. The Hall–Kier alpha value is -3.96. The molecule has 0 aliphatic carbocycles. The van der Waals surface area contributed by atoms with Crippen LogP contribution in [-0.4, -0.2) is 65.2 Å². The van der Waals surface area contributed by atoms with Gasteiger partial charge in [0, 0.05) is 65.9 Å². The fourth-order valence-electron chi connectivity index (χ4n) is 6.22. The van der Waals surface area contributed by atoms with Crippen LogP contribution >= 0.6 is 0 Å². The van der Waals surface area contributed by atoms with E-state index in [4.69, 9.17) is 4.74 Å². The summed E-state index contributed by atoms with van der Waals surface area (Å²) in [6.07, 6.45) is 10.3. The molecule has 0 atom stereocenters. The first-order valence-electron chi connectivity index (χ1n) is 14.6. The molecule has 2 N–H and O–H groups in total. The van der Waals surface area contributed by atoms with Crippen molar-refractivity contribution in [2.24, 2.45) is 0 Å². The van der Waals surface area contributed by atoms with Crippen molar-refractivity contribution in [2.45, 2.75) is 39.3 Å². The van der Waals surface area contributed by atoms with Gasteiger partial charge in [-0.15, -0.1) is 0 Å². The van der Waals surface area contributed by atoms with Crippen molar-refractivity contribution >= 4 is 34.4 Å². The third-order valence-corrected chi connectivity index (χ3v) is 8.62. The maximum atomic E-state index is 9.92. The lowest BCUT2D eigenvalue weighted by atomic mass is 10.0. The Morgan fingerprint density at radius 2 is 1.90 bits per heavy atom. The van der Waals surface area contributed by atoms with Gasteiger partial charge in [-0.2, -0.15) is 5.26 Å². The van der Waals surface area contributed by atoms with Crippen molar-refractivity contribution in [3.63, 3.8) is 0 Å². The van der Waals surface area contributed by atoms with Gasteiger partial charge >= 0.3 is 0 Å². The van der Waals surface area contributed by atoms with Crippen LogP contribution in [0.1, 0.15) is 46.4 Å². The number of aromatic amines is 1. The zero-order valence-corrected chi connectivity index (χ0v) is 24.0. The minimum Gasteiger partial charge on any atom is -0.379 e. The summed E-state index contributed by atoms with van der Waals surface area (Å²) in [6, 6.07) is 18.0. The fourth-order valence-corrected chi connectivity index (χ4v) is 6.22. The SMILES string of the molecule is Cc1ncc(C#N)c(Nc2ccc3[nH]ccc3c2C)c1/C=C/c1cccc(CN2CCC(N3CCOCC3)CC2)c1. The lowest BCUT2D eigenvalue weighted by Gasteiger charge is -2.40. The Labute approximate surface area is 242 Å². The number of pyridine rings is 1. The number of anilines is 2. The second kappa shape index (κ2) is 12.3. The number of nitrogens with zero attached hydrogens (tertiary/aromatic N) is 4. The largest absolute Gasteiger partial charge is 0.379 e. The Bertz CT molecular complexity index is 1580. The molecule has 0 amide bonds. The molecule has 2 saturated heterocycles. The zero-order valence-electron chi connectivity index (χ0n) is 24.0. The summed E-state index contributed by atoms with van der Waals surface area (Å²) in [4.78, 5) is 13.0. The Kier molecular flexibility index (Phi) is 8.15. The zero-order chi connectivity index (χ0) is 28.2. The first kappa shape index (κ1) is 27.2. The molecular weight excluding hydrogens is 508 g/mol. The van der Waals surface area contributed by atoms with Crippen LogP contribution in [0, 0.1) is 25.2 Å². The molecule has 2 aliphatic rings. The van der Waals surface area contributed by atoms with Crippen LogP contribution < -0.4 is 5.32 Å². The summed E-state index contributed by atoms with van der Waals surface area (Å²) in [7, 11) is 0. The summed E-state index contributed by atoms with van der Waals surface area (Å²) >= 11 is 0. The van der Waals surface area contributed by atoms with Crippen molar-refractivity contribution in [1.82, 2.24) is 19.8 Å². The van der Waals surface area contributed by atoms with E-state index in [1.165, 1.54) is 23.8 Å². The molecule has 0 unspecified atom stereocenters. The van der Waals surface area contributed by atoms with Gasteiger partial charge in [0.15, 0.2) is 0 Å². The monoisotopic (exact) mass is 546 g/mol. The van der Waals surface area contributed by atoms with Crippen LogP contribution in [0.4, 0.5) is 11.4 Å². The molecule has 4 heterocycles. The maximum Gasteiger partial charge on any atom is 0.103 e. The van der Waals surface area contributed by atoms with Gasteiger partial charge in [-0.25, -0.2) is 0 Å². The number of aryl methyl sites for hydroxylation is 2. The molecule has 0 bridgehead atoms. The van der Waals surface area contributed by atoms with Crippen LogP contribution in [-0.2, 0) is 11.3 Å². The molecule has 0 radical (unpaired) electrons. The van der Waals surface area contributed by atoms with Crippen LogP contribution in [0.15, 0.2) is 54.9 Å². The molecule has 2 fully saturated rings. The van der Waals surface area contributed by atoms with Crippen LogP contribution in [0.3, 0.4) is 0 Å². The van der Waals surface area contributed by atoms with E-state index < -0.39 is 0 Å². The summed E-state index contributed by atoms with van der Waals surface area (Å²) < 4.78 is 5.54. The minimum absolute atomic E-state index is 0.526. The number of H-pyrrole nitrogens is 1. The number of hydrogen-bond donors (Lipinski definition) is 2. The molecule has 7 nitrogen and oxygen atoms in total. The van der Waals surface area contributed by atoms with E-state index in [0.29, 0.717) is 11.6 Å². The van der Waals surface area contributed by atoms with Gasteiger partial charge in [-0.1, -0.05) is 36.4 Å². The first-order chi connectivity index (χ1) is 20.1. The Morgan fingerprint density at radius 1 is 1.07 bits per heavy atom. The van der Waals surface area contributed by atoms with Gasteiger partial charge in [0.05, 0.1) is 24.5 Å². The van der Waals surface area contributed by atoms with Crippen molar-refractivity contribution in [2.75, 3.05) is 44.7 Å². The molecule has 6 rings (SSSR count). The Morgan fingerprint density at radius 3 is 2.71 bits per heavy atom. The van der Waals surface area contributed by atoms with Crippen LogP contribution in [0.5, 0.6) is 0 Å². The summed E-state index contributed by atoms with van der Waals surface area (Å²) in [6.45, 7) is 11.2. The van der Waals surface area contributed by atoms with Crippen molar-refractivity contribution in [3.05, 3.63) is 88.4 Å². The number of nitrogens with one attached hydrogen (secondary N) is 2. The van der Waals surface area contributed by atoms with E-state index in [1.54, 1.807) is 6.20 Å². The van der Waals surface area contributed by atoms with Crippen molar-refractivity contribution in [3.8, 4) is 6.07 Å². The normalized spacial score (nSPS) is 17.3. The topological polar surface area (TPSA) is 80.2 Å². The van der Waals surface area contributed by atoms with Crippen LogP contribution in [0.2, 0.25) is 0 Å². The van der Waals surface area contributed by atoms with E-state index in [1.807, 2.05) is 13.1 Å². The number of hydrogen-bond acceptors (Lipinski definition) is 6. The number of nitriles is 1. The molecular formula is C34H38N6O. The second-order valence-electron chi connectivity index (χ2n) is 11.2. The number of rotatable bonds is 7. The standard InChI is InChI=1S/C34H38N6O/c1-24-30-10-13-36-33(30)9-8-32(24)38-34-28(21-35)22-37-25(2)31(34)7-6-26-4-3-5-27(20-26)23-39-14-11-29(12-15-39)40-16-18-41-19-17-40/h3-10,13,20,22,29,36H,11-12,14-19,23H2,1-2H3,(H,37,38)/b7-6+. The highest BCUT2D eigenvalue weighted by Gasteiger charge is 2.25. The van der Waals surface area contributed by atoms with Gasteiger partial charge in [0.1, 0.15) is 6.07 Å². The van der Waals surface area contributed by atoms with E-state index in [-0.39, 0.29) is 0 Å². The van der Waals surface area contributed by atoms with E-state index in [0.717, 1.165) is 85.2 Å². The molecule has 210 valence electrons. The van der Waals surface area contributed by atoms with Crippen molar-refractivity contribution < 1.29 is 4.74 Å². The van der Waals surface area contributed by atoms with E-state index >= 15 is 0 Å². The minimum atomic E-state index is 0.526. The molecule has 2 aromatic carbocycles. The summed E-state index contributed by atoms with van der Waals surface area (Å²) in [5, 5.41) is 14.6. The highest BCUT2D eigenvalue weighted by atomic mass is 16.5. The lowest BCUT2D eigenvalue weighted by molar-refractivity contribution is 0.000230. The number of aromatic nitrogens is 2. The smallest absolute Gasteiger partial charge is 0.103 e. The van der Waals surface area contributed by atoms with Gasteiger partial charge in [-0.3, -0.25) is 14.8 Å². The number of ether oxygens (including phenoxy) is 1. The third kappa shape index (κ3) is 6.06. The summed E-state index contributed by atoms with van der Waals surface area (Å²) in [5.74, 6) is 0. The van der Waals surface area contributed by atoms with E-state index in [2.05, 4.69) is 92.7 Å². The number of benzene rings is 2. The van der Waals surface area contributed by atoms with E-state index in [9.17, 15) is 5.26 Å². The molecule has 4 aromatic rings. The predicted molar refractivity (Wildman–Crippen MR) is 166 cm³/mol. The summed E-state index contributed by atoms with van der Waals surface area (Å²) in [5.41, 5.74) is 8.80. The predicted octanol–water partition coefficient (Wildman–Crippen LogP) is 6.26. The number of piperidine rings is 1. The van der Waals surface area contributed by atoms with Gasteiger partial charge < -0.3 is 15.0 Å². The van der Waals surface area contributed by atoms with Gasteiger partial charge in [0.2, 0.25) is 0 Å². The molecule has 0 spiro atoms. The quantitative estimate of drug-likeness (QED) is 0.285. The fraction of sp³-hybridized carbons (Fsp3) is 0.353. The molecule has 7 heteroatoms. The van der Waals surface area contributed by atoms with Crippen molar-refractivity contribution in [1.29, 1.82) is 5.26 Å². The first-order valence-corrected chi connectivity index (χ1v) is 14.6. The number of morpholine rings is 1. The molecule has 41 heavy (non-hydrogen) atoms. The highest BCUT2D eigenvalue weighted by Crippen LogP contribution is 2.32. The average Bonchev–Trinajstić information content (AvgIpc) is 3.49. The third-order valence-electron chi connectivity index (χ3n) is 8.62. The number of fused-ring (bicyclic) bond motifs is 1. The lowest BCUT2D eigenvalue weighted by Crippen LogP contribution is -2.48. The molecule has 0 saturated carbocycles. The molecule has 2 aliphatic heterocycles. The van der Waals surface area contributed by atoms with Crippen LogP contribution in [0.25, 0.3) is 23.1 Å². The van der Waals surface area contributed by atoms with Gasteiger partial charge in [0.25, 0.3) is 0 Å². The average molecular weight is 547 g/mol. The molecule has 2 aromatic heterocycles. The second-order valence-corrected chi connectivity index (χ2v) is 11.2. The Balaban J connectivity index is 1.18.